The minimum Gasteiger partial charge on any atom is -0.467 e. The first-order valence-electron chi connectivity index (χ1n) is 6.43. The van der Waals surface area contributed by atoms with Crippen LogP contribution in [0.2, 0.25) is 0 Å². The number of hydrogen-bond acceptors (Lipinski definition) is 5. The molecule has 0 saturated heterocycles. The zero-order valence-electron chi connectivity index (χ0n) is 11.6. The number of ether oxygens (including phenoxy) is 1. The Labute approximate surface area is 121 Å². The number of methoxy groups -OCH3 is 1. The third kappa shape index (κ3) is 4.41. The summed E-state index contributed by atoms with van der Waals surface area (Å²) < 4.78 is 4.71. The van der Waals surface area contributed by atoms with Crippen molar-refractivity contribution < 1.29 is 14.3 Å². The highest BCUT2D eigenvalue weighted by molar-refractivity contribution is 5.85. The van der Waals surface area contributed by atoms with Crippen LogP contribution in [0.3, 0.4) is 0 Å². The van der Waals surface area contributed by atoms with Gasteiger partial charge in [0.15, 0.2) is 0 Å². The number of nitrogens with zero attached hydrogens (tertiary/aromatic N) is 2. The Kier molecular flexibility index (Phi) is 5.03. The summed E-state index contributed by atoms with van der Waals surface area (Å²) in [7, 11) is 1.28. The van der Waals surface area contributed by atoms with E-state index in [0.717, 1.165) is 5.69 Å². The minimum atomic E-state index is -0.758. The van der Waals surface area contributed by atoms with Gasteiger partial charge in [0.25, 0.3) is 0 Å². The molecule has 2 N–H and O–H groups in total. The van der Waals surface area contributed by atoms with Crippen LogP contribution in [0.5, 0.6) is 0 Å². The summed E-state index contributed by atoms with van der Waals surface area (Å²) in [5.41, 5.74) is 1.38. The molecule has 0 bridgehead atoms. The average molecular weight is 288 g/mol. The third-order valence-corrected chi connectivity index (χ3v) is 2.87. The van der Waals surface area contributed by atoms with Crippen molar-refractivity contribution in [3.05, 3.63) is 48.3 Å². The number of H-pyrrole nitrogens is 1. The fraction of sp³-hybridized carbons (Fsp3) is 0.286. The van der Waals surface area contributed by atoms with Crippen LogP contribution in [0.1, 0.15) is 11.4 Å². The SMILES string of the molecule is COC(=O)[C@H](Cc1cnc[nH]1)NC(=O)Cc1ccccn1. The summed E-state index contributed by atoms with van der Waals surface area (Å²) in [5, 5.41) is 2.65. The van der Waals surface area contributed by atoms with Crippen molar-refractivity contribution in [2.75, 3.05) is 7.11 Å². The van der Waals surface area contributed by atoms with Crippen LogP contribution >= 0.6 is 0 Å². The summed E-state index contributed by atoms with van der Waals surface area (Å²) in [6, 6.07) is 4.57. The van der Waals surface area contributed by atoms with E-state index in [9.17, 15) is 9.59 Å². The second-order valence-corrected chi connectivity index (χ2v) is 4.42. The second kappa shape index (κ2) is 7.18. The van der Waals surface area contributed by atoms with Gasteiger partial charge >= 0.3 is 5.97 Å². The number of imidazole rings is 1. The molecule has 21 heavy (non-hydrogen) atoms. The molecule has 0 aliphatic rings. The first-order chi connectivity index (χ1) is 10.2. The number of carbonyl (C=O) groups is 2. The van der Waals surface area contributed by atoms with Crippen LogP contribution in [-0.2, 0) is 27.2 Å². The Balaban J connectivity index is 1.97. The van der Waals surface area contributed by atoms with E-state index in [2.05, 4.69) is 20.3 Å². The number of aromatic amines is 1. The van der Waals surface area contributed by atoms with Gasteiger partial charge in [0, 0.05) is 30.2 Å². The van der Waals surface area contributed by atoms with Gasteiger partial charge in [-0.3, -0.25) is 9.78 Å². The van der Waals surface area contributed by atoms with Crippen LogP contribution in [0.4, 0.5) is 0 Å². The van der Waals surface area contributed by atoms with Crippen molar-refractivity contribution in [3.8, 4) is 0 Å². The first-order valence-corrected chi connectivity index (χ1v) is 6.43. The lowest BCUT2D eigenvalue weighted by Gasteiger charge is -2.15. The van der Waals surface area contributed by atoms with Crippen molar-refractivity contribution in [2.24, 2.45) is 0 Å². The second-order valence-electron chi connectivity index (χ2n) is 4.42. The molecule has 0 fully saturated rings. The van der Waals surface area contributed by atoms with Crippen molar-refractivity contribution in [1.29, 1.82) is 0 Å². The van der Waals surface area contributed by atoms with Crippen LogP contribution in [0.25, 0.3) is 0 Å². The highest BCUT2D eigenvalue weighted by Gasteiger charge is 2.22. The molecular weight excluding hydrogens is 272 g/mol. The topological polar surface area (TPSA) is 97.0 Å². The molecule has 7 heteroatoms. The summed E-state index contributed by atoms with van der Waals surface area (Å²) >= 11 is 0. The Morgan fingerprint density at radius 3 is 2.90 bits per heavy atom. The molecule has 2 heterocycles. The van der Waals surface area contributed by atoms with E-state index >= 15 is 0 Å². The summed E-state index contributed by atoms with van der Waals surface area (Å²) in [4.78, 5) is 34.6. The van der Waals surface area contributed by atoms with E-state index in [4.69, 9.17) is 4.74 Å². The maximum absolute atomic E-state index is 12.0. The highest BCUT2D eigenvalue weighted by Crippen LogP contribution is 2.02. The molecule has 0 aliphatic heterocycles. The lowest BCUT2D eigenvalue weighted by atomic mass is 10.1. The molecule has 0 aliphatic carbocycles. The number of rotatable bonds is 6. The fourth-order valence-electron chi connectivity index (χ4n) is 1.86. The van der Waals surface area contributed by atoms with Gasteiger partial charge in [-0.1, -0.05) is 6.07 Å². The number of carbonyl (C=O) groups excluding carboxylic acids is 2. The Morgan fingerprint density at radius 1 is 1.43 bits per heavy atom. The van der Waals surface area contributed by atoms with Gasteiger partial charge in [-0.05, 0) is 12.1 Å². The monoisotopic (exact) mass is 288 g/mol. The van der Waals surface area contributed by atoms with Crippen LogP contribution in [0.15, 0.2) is 36.9 Å². The van der Waals surface area contributed by atoms with E-state index in [1.807, 2.05) is 0 Å². The lowest BCUT2D eigenvalue weighted by molar-refractivity contribution is -0.145. The quantitative estimate of drug-likeness (QED) is 0.743. The van der Waals surface area contributed by atoms with Gasteiger partial charge in [-0.15, -0.1) is 0 Å². The molecule has 2 aromatic heterocycles. The number of amides is 1. The summed E-state index contributed by atoms with van der Waals surface area (Å²) in [5.74, 6) is -0.789. The van der Waals surface area contributed by atoms with Gasteiger partial charge in [0.1, 0.15) is 6.04 Å². The number of aromatic nitrogens is 3. The Hall–Kier alpha value is -2.70. The van der Waals surface area contributed by atoms with Crippen molar-refractivity contribution >= 4 is 11.9 Å². The van der Waals surface area contributed by atoms with E-state index in [1.54, 1.807) is 30.6 Å². The molecule has 2 aromatic rings. The van der Waals surface area contributed by atoms with E-state index in [0.29, 0.717) is 12.1 Å². The molecule has 2 rings (SSSR count). The molecule has 1 amide bonds. The molecule has 110 valence electrons. The molecular formula is C14H16N4O3. The average Bonchev–Trinajstić information content (AvgIpc) is 2.99. The number of hydrogen-bond donors (Lipinski definition) is 2. The Morgan fingerprint density at radius 2 is 2.29 bits per heavy atom. The highest BCUT2D eigenvalue weighted by atomic mass is 16.5. The summed E-state index contributed by atoms with van der Waals surface area (Å²) in [6.45, 7) is 0. The predicted octanol–water partition coefficient (Wildman–Crippen LogP) is 0.248. The number of pyridine rings is 1. The van der Waals surface area contributed by atoms with Gasteiger partial charge in [-0.2, -0.15) is 0 Å². The minimum absolute atomic E-state index is 0.108. The molecule has 0 unspecified atom stereocenters. The van der Waals surface area contributed by atoms with Gasteiger partial charge in [0.2, 0.25) is 5.91 Å². The van der Waals surface area contributed by atoms with Crippen molar-refractivity contribution in [1.82, 2.24) is 20.3 Å². The molecule has 0 saturated carbocycles. The van der Waals surface area contributed by atoms with Crippen LogP contribution in [-0.4, -0.2) is 40.0 Å². The molecule has 0 radical (unpaired) electrons. The molecule has 1 atom stereocenters. The lowest BCUT2D eigenvalue weighted by Crippen LogP contribution is -2.43. The Bertz CT molecular complexity index is 584. The standard InChI is InChI=1S/C14H16N4O3/c1-21-14(20)12(6-11-8-15-9-17-11)18-13(19)7-10-4-2-3-5-16-10/h2-5,8-9,12H,6-7H2,1H3,(H,15,17)(H,18,19)/t12-/m0/s1. The largest absolute Gasteiger partial charge is 0.467 e. The first kappa shape index (κ1) is 14.7. The van der Waals surface area contributed by atoms with Crippen LogP contribution < -0.4 is 5.32 Å². The van der Waals surface area contributed by atoms with Gasteiger partial charge < -0.3 is 15.0 Å². The fourth-order valence-corrected chi connectivity index (χ4v) is 1.86. The maximum atomic E-state index is 12.0. The van der Waals surface area contributed by atoms with Gasteiger partial charge in [-0.25, -0.2) is 9.78 Å². The van der Waals surface area contributed by atoms with Crippen molar-refractivity contribution in [3.63, 3.8) is 0 Å². The molecule has 0 spiro atoms. The molecule has 7 nitrogen and oxygen atoms in total. The van der Waals surface area contributed by atoms with Gasteiger partial charge in [0.05, 0.1) is 19.9 Å². The van der Waals surface area contributed by atoms with Crippen LogP contribution in [0, 0.1) is 0 Å². The number of esters is 1. The zero-order chi connectivity index (χ0) is 15.1. The maximum Gasteiger partial charge on any atom is 0.328 e. The summed E-state index contributed by atoms with van der Waals surface area (Å²) in [6.07, 6.45) is 5.13. The van der Waals surface area contributed by atoms with E-state index in [-0.39, 0.29) is 12.3 Å². The van der Waals surface area contributed by atoms with E-state index in [1.165, 1.54) is 13.4 Å². The molecule has 0 aromatic carbocycles. The third-order valence-electron chi connectivity index (χ3n) is 2.87. The number of nitrogens with one attached hydrogen (secondary N) is 2. The smallest absolute Gasteiger partial charge is 0.328 e. The zero-order valence-corrected chi connectivity index (χ0v) is 11.6. The predicted molar refractivity (Wildman–Crippen MR) is 74.2 cm³/mol. The van der Waals surface area contributed by atoms with Crippen molar-refractivity contribution in [2.45, 2.75) is 18.9 Å². The normalized spacial score (nSPS) is 11.7. The van der Waals surface area contributed by atoms with E-state index < -0.39 is 12.0 Å².